The van der Waals surface area contributed by atoms with Crippen LogP contribution in [-0.4, -0.2) is 29.8 Å². The molecule has 0 spiro atoms. The Morgan fingerprint density at radius 1 is 1.15 bits per heavy atom. The van der Waals surface area contributed by atoms with Crippen LogP contribution in [0.25, 0.3) is 0 Å². The predicted octanol–water partition coefficient (Wildman–Crippen LogP) is 3.21. The Hall–Kier alpha value is -2.74. The molecule has 0 bridgehead atoms. The number of para-hydroxylation sites is 1. The van der Waals surface area contributed by atoms with E-state index >= 15 is 0 Å². The molecule has 138 valence electrons. The largest absolute Gasteiger partial charge is 0.480 e. The monoisotopic (exact) mass is 421 g/mol. The summed E-state index contributed by atoms with van der Waals surface area (Å²) in [6, 6.07) is 13.4. The Morgan fingerprint density at radius 2 is 1.88 bits per heavy atom. The summed E-state index contributed by atoms with van der Waals surface area (Å²) in [4.78, 5) is 23.2. The number of rotatable bonds is 8. The van der Waals surface area contributed by atoms with E-state index in [2.05, 4.69) is 26.6 Å². The van der Waals surface area contributed by atoms with Crippen LogP contribution in [-0.2, 0) is 16.1 Å². The van der Waals surface area contributed by atoms with Gasteiger partial charge in [-0.1, -0.05) is 36.4 Å². The number of carbonyl (C=O) groups excluding carboxylic acids is 1. The van der Waals surface area contributed by atoms with Crippen molar-refractivity contribution in [3.8, 4) is 0 Å². The summed E-state index contributed by atoms with van der Waals surface area (Å²) >= 11 is 3.38. The van der Waals surface area contributed by atoms with Crippen molar-refractivity contribution in [2.75, 3.05) is 17.6 Å². The standard InChI is InChI=1S/C18H20BrN3O4/c19-13-7-4-8-14(20)16(13)21-10-9-15(17(23)24)22-18(25)26-11-12-5-2-1-3-6-12/h1-8,15,21H,9-11,20H2,(H,22,25)(H,23,24). The fourth-order valence-corrected chi connectivity index (χ4v) is 2.75. The first-order valence-electron chi connectivity index (χ1n) is 7.95. The molecule has 0 fully saturated rings. The first kappa shape index (κ1) is 19.6. The molecule has 0 saturated carbocycles. The zero-order valence-electron chi connectivity index (χ0n) is 13.9. The van der Waals surface area contributed by atoms with Gasteiger partial charge in [0.05, 0.1) is 11.4 Å². The van der Waals surface area contributed by atoms with Crippen molar-refractivity contribution < 1.29 is 19.4 Å². The maximum atomic E-state index is 11.8. The van der Waals surface area contributed by atoms with E-state index in [4.69, 9.17) is 10.5 Å². The molecule has 1 atom stereocenters. The van der Waals surface area contributed by atoms with Gasteiger partial charge in [0, 0.05) is 11.0 Å². The van der Waals surface area contributed by atoms with Gasteiger partial charge >= 0.3 is 12.1 Å². The minimum atomic E-state index is -1.14. The van der Waals surface area contributed by atoms with Crippen LogP contribution in [0.4, 0.5) is 16.2 Å². The quantitative estimate of drug-likeness (QED) is 0.486. The molecule has 0 heterocycles. The number of ether oxygens (including phenoxy) is 1. The fourth-order valence-electron chi connectivity index (χ4n) is 2.23. The molecule has 2 aromatic carbocycles. The topological polar surface area (TPSA) is 114 Å². The number of nitrogens with one attached hydrogen (secondary N) is 2. The number of hydrogen-bond donors (Lipinski definition) is 4. The molecule has 0 aromatic heterocycles. The van der Waals surface area contributed by atoms with Crippen molar-refractivity contribution in [3.63, 3.8) is 0 Å². The molecule has 1 amide bonds. The van der Waals surface area contributed by atoms with Crippen molar-refractivity contribution in [1.82, 2.24) is 5.32 Å². The third-order valence-electron chi connectivity index (χ3n) is 3.58. The van der Waals surface area contributed by atoms with Crippen LogP contribution in [0.1, 0.15) is 12.0 Å². The molecule has 2 rings (SSSR count). The summed E-state index contributed by atoms with van der Waals surface area (Å²) in [5.41, 5.74) is 7.92. The second kappa shape index (κ2) is 9.67. The lowest BCUT2D eigenvalue weighted by molar-refractivity contribution is -0.139. The molecule has 0 aliphatic rings. The molecule has 8 heteroatoms. The highest BCUT2D eigenvalue weighted by Crippen LogP contribution is 2.28. The molecule has 0 aliphatic carbocycles. The van der Waals surface area contributed by atoms with Gasteiger partial charge in [0.2, 0.25) is 0 Å². The van der Waals surface area contributed by atoms with E-state index < -0.39 is 18.1 Å². The maximum Gasteiger partial charge on any atom is 0.408 e. The summed E-state index contributed by atoms with van der Waals surface area (Å²) in [7, 11) is 0. The third-order valence-corrected chi connectivity index (χ3v) is 4.24. The van der Waals surface area contributed by atoms with E-state index in [1.807, 2.05) is 36.4 Å². The first-order valence-corrected chi connectivity index (χ1v) is 8.74. The van der Waals surface area contributed by atoms with Crippen LogP contribution >= 0.6 is 15.9 Å². The van der Waals surface area contributed by atoms with E-state index in [1.165, 1.54) is 0 Å². The Morgan fingerprint density at radius 3 is 2.54 bits per heavy atom. The lowest BCUT2D eigenvalue weighted by atomic mass is 10.2. The highest BCUT2D eigenvalue weighted by Gasteiger charge is 2.20. The van der Waals surface area contributed by atoms with Gasteiger partial charge in [-0.2, -0.15) is 0 Å². The molecular formula is C18H20BrN3O4. The Balaban J connectivity index is 1.82. The highest BCUT2D eigenvalue weighted by molar-refractivity contribution is 9.10. The molecule has 2 aromatic rings. The van der Waals surface area contributed by atoms with Crippen LogP contribution in [0.5, 0.6) is 0 Å². The lowest BCUT2D eigenvalue weighted by Gasteiger charge is -2.16. The maximum absolute atomic E-state index is 11.8. The molecule has 26 heavy (non-hydrogen) atoms. The van der Waals surface area contributed by atoms with E-state index in [1.54, 1.807) is 12.1 Å². The molecule has 1 unspecified atom stereocenters. The van der Waals surface area contributed by atoms with E-state index in [0.717, 1.165) is 10.0 Å². The van der Waals surface area contributed by atoms with Crippen LogP contribution in [0.2, 0.25) is 0 Å². The number of anilines is 2. The van der Waals surface area contributed by atoms with Crippen LogP contribution in [0.3, 0.4) is 0 Å². The van der Waals surface area contributed by atoms with E-state index in [-0.39, 0.29) is 13.0 Å². The van der Waals surface area contributed by atoms with Gasteiger partial charge in [-0.05, 0) is 40.0 Å². The van der Waals surface area contributed by atoms with Crippen LogP contribution in [0, 0.1) is 0 Å². The summed E-state index contributed by atoms with van der Waals surface area (Å²) in [5, 5.41) is 14.7. The minimum absolute atomic E-state index is 0.0742. The van der Waals surface area contributed by atoms with Gasteiger partial charge in [-0.15, -0.1) is 0 Å². The SMILES string of the molecule is Nc1cccc(Br)c1NCCC(NC(=O)OCc1ccccc1)C(=O)O. The highest BCUT2D eigenvalue weighted by atomic mass is 79.9. The second-order valence-electron chi connectivity index (χ2n) is 5.52. The molecule has 0 aliphatic heterocycles. The number of aliphatic carboxylic acids is 1. The molecule has 5 N–H and O–H groups in total. The molecule has 7 nitrogen and oxygen atoms in total. The predicted molar refractivity (Wildman–Crippen MR) is 103 cm³/mol. The van der Waals surface area contributed by atoms with Crippen molar-refractivity contribution in [3.05, 3.63) is 58.6 Å². The Bertz CT molecular complexity index is 735. The minimum Gasteiger partial charge on any atom is -0.480 e. The average Bonchev–Trinajstić information content (AvgIpc) is 2.62. The summed E-state index contributed by atoms with van der Waals surface area (Å²) in [6.07, 6.45) is -0.613. The summed E-state index contributed by atoms with van der Waals surface area (Å²) < 4.78 is 5.83. The zero-order chi connectivity index (χ0) is 18.9. The number of carboxylic acids is 1. The molecular weight excluding hydrogens is 402 g/mol. The van der Waals surface area contributed by atoms with Crippen molar-refractivity contribution in [2.45, 2.75) is 19.1 Å². The number of hydrogen-bond acceptors (Lipinski definition) is 5. The lowest BCUT2D eigenvalue weighted by Crippen LogP contribution is -2.42. The van der Waals surface area contributed by atoms with Crippen LogP contribution < -0.4 is 16.4 Å². The zero-order valence-corrected chi connectivity index (χ0v) is 15.5. The third kappa shape index (κ3) is 5.96. The van der Waals surface area contributed by atoms with Crippen molar-refractivity contribution >= 4 is 39.4 Å². The van der Waals surface area contributed by atoms with Gasteiger partial charge in [0.25, 0.3) is 0 Å². The van der Waals surface area contributed by atoms with E-state index in [9.17, 15) is 14.7 Å². The number of carboxylic acid groups (broad SMARTS) is 1. The summed E-state index contributed by atoms with van der Waals surface area (Å²) in [6.45, 7) is 0.382. The van der Waals surface area contributed by atoms with Gasteiger partial charge < -0.3 is 26.2 Å². The number of benzene rings is 2. The Labute approximate surface area is 159 Å². The number of halogens is 1. The fraction of sp³-hybridized carbons (Fsp3) is 0.222. The smallest absolute Gasteiger partial charge is 0.408 e. The summed E-state index contributed by atoms with van der Waals surface area (Å²) in [5.74, 6) is -1.14. The van der Waals surface area contributed by atoms with Gasteiger partial charge in [0.1, 0.15) is 12.6 Å². The van der Waals surface area contributed by atoms with Gasteiger partial charge in [-0.25, -0.2) is 9.59 Å². The normalized spacial score (nSPS) is 11.4. The van der Waals surface area contributed by atoms with Crippen LogP contribution in [0.15, 0.2) is 53.0 Å². The van der Waals surface area contributed by atoms with Crippen molar-refractivity contribution in [2.24, 2.45) is 0 Å². The van der Waals surface area contributed by atoms with E-state index in [0.29, 0.717) is 17.9 Å². The number of nitrogens with two attached hydrogens (primary N) is 1. The van der Waals surface area contributed by atoms with Gasteiger partial charge in [0.15, 0.2) is 0 Å². The number of alkyl carbamates (subject to hydrolysis) is 1. The number of nitrogen functional groups attached to an aromatic ring is 1. The van der Waals surface area contributed by atoms with Crippen molar-refractivity contribution in [1.29, 1.82) is 0 Å². The molecule has 0 radical (unpaired) electrons. The number of carbonyl (C=O) groups is 2. The number of amides is 1. The average molecular weight is 422 g/mol. The van der Waals surface area contributed by atoms with Gasteiger partial charge in [-0.3, -0.25) is 0 Å². The second-order valence-corrected chi connectivity index (χ2v) is 6.37. The molecule has 0 saturated heterocycles. The first-order chi connectivity index (χ1) is 12.5. The Kier molecular flexibility index (Phi) is 7.28.